The van der Waals surface area contributed by atoms with Gasteiger partial charge in [0.05, 0.1) is 5.69 Å². The third-order valence-electron chi connectivity index (χ3n) is 1.42. The Kier molecular flexibility index (Phi) is 1.80. The minimum Gasteiger partial charge on any atom is -0.268 e. The van der Waals surface area contributed by atoms with Crippen molar-refractivity contribution >= 4 is 0 Å². The van der Waals surface area contributed by atoms with Crippen LogP contribution in [-0.2, 0) is 6.42 Å². The molecule has 4 heteroatoms. The van der Waals surface area contributed by atoms with E-state index in [9.17, 15) is 4.79 Å². The van der Waals surface area contributed by atoms with Crippen LogP contribution < -0.4 is 5.56 Å². The van der Waals surface area contributed by atoms with Crippen LogP contribution in [0.4, 0.5) is 0 Å². The number of hydrogen-bond acceptors (Lipinski definition) is 3. The van der Waals surface area contributed by atoms with E-state index < -0.39 is 0 Å². The van der Waals surface area contributed by atoms with Crippen molar-refractivity contribution in [1.82, 2.24) is 15.4 Å². The maximum Gasteiger partial charge on any atom is 0.270 e. The number of aromatic amines is 1. The van der Waals surface area contributed by atoms with Crippen molar-refractivity contribution in [3.63, 3.8) is 0 Å². The molecule has 1 N–H and O–H groups in total. The van der Waals surface area contributed by atoms with E-state index in [-0.39, 0.29) is 5.56 Å². The van der Waals surface area contributed by atoms with E-state index in [4.69, 9.17) is 0 Å². The number of aromatic nitrogens is 3. The fraction of sp³-hybridized carbons (Fsp3) is 0.500. The Hall–Kier alpha value is -1.19. The summed E-state index contributed by atoms with van der Waals surface area (Å²) in [6.07, 6.45) is 0.705. The van der Waals surface area contributed by atoms with E-state index in [0.29, 0.717) is 12.1 Å². The summed E-state index contributed by atoms with van der Waals surface area (Å²) in [6.45, 7) is 3.69. The number of nitrogens with one attached hydrogen (secondary N) is 1. The molecule has 0 fully saturated rings. The molecule has 0 radical (unpaired) electrons. The smallest absolute Gasteiger partial charge is 0.268 e. The molecule has 0 bridgehead atoms. The van der Waals surface area contributed by atoms with Gasteiger partial charge in [-0.15, -0.1) is 5.10 Å². The minimum atomic E-state index is -0.130. The molecule has 0 amide bonds. The standard InChI is InChI=1S/C6H9N3O/c1-3-5-4(2)7-9-8-6(5)10/h3H2,1-2H3,(H,7,8,10). The zero-order valence-corrected chi connectivity index (χ0v) is 6.01. The van der Waals surface area contributed by atoms with Gasteiger partial charge in [0.1, 0.15) is 0 Å². The first-order valence-electron chi connectivity index (χ1n) is 3.16. The summed E-state index contributed by atoms with van der Waals surface area (Å²) in [5.74, 6) is 0. The van der Waals surface area contributed by atoms with Gasteiger partial charge in [0, 0.05) is 5.56 Å². The molecule has 0 atom stereocenters. The largest absolute Gasteiger partial charge is 0.270 e. The predicted octanol–water partition coefficient (Wildman–Crippen LogP) is 0.0357. The highest BCUT2D eigenvalue weighted by Gasteiger charge is 2.00. The van der Waals surface area contributed by atoms with Crippen LogP contribution in [0.5, 0.6) is 0 Å². The second kappa shape index (κ2) is 2.60. The zero-order chi connectivity index (χ0) is 7.56. The molecule has 1 rings (SSSR count). The Balaban J connectivity index is 3.31. The van der Waals surface area contributed by atoms with E-state index in [1.165, 1.54) is 0 Å². The second-order valence-corrected chi connectivity index (χ2v) is 2.06. The molecule has 1 heterocycles. The first-order chi connectivity index (χ1) is 4.75. The van der Waals surface area contributed by atoms with Gasteiger partial charge in [0.15, 0.2) is 0 Å². The number of nitrogens with zero attached hydrogens (tertiary/aromatic N) is 2. The van der Waals surface area contributed by atoms with E-state index in [0.717, 1.165) is 5.56 Å². The molecule has 10 heavy (non-hydrogen) atoms. The summed E-state index contributed by atoms with van der Waals surface area (Å²) in [5.41, 5.74) is 1.30. The van der Waals surface area contributed by atoms with Crippen molar-refractivity contribution in [1.29, 1.82) is 0 Å². The van der Waals surface area contributed by atoms with Gasteiger partial charge < -0.3 is 0 Å². The van der Waals surface area contributed by atoms with Gasteiger partial charge in [-0.3, -0.25) is 4.79 Å². The van der Waals surface area contributed by atoms with Crippen LogP contribution in [0.15, 0.2) is 4.79 Å². The Labute approximate surface area is 58.3 Å². The fourth-order valence-corrected chi connectivity index (χ4v) is 0.854. The Morgan fingerprint density at radius 3 is 2.70 bits per heavy atom. The molecular weight excluding hydrogens is 130 g/mol. The molecule has 4 nitrogen and oxygen atoms in total. The number of aryl methyl sites for hydroxylation is 1. The van der Waals surface area contributed by atoms with E-state index in [1.807, 2.05) is 6.92 Å². The highest BCUT2D eigenvalue weighted by molar-refractivity contribution is 5.12. The second-order valence-electron chi connectivity index (χ2n) is 2.06. The molecule has 0 aliphatic carbocycles. The Morgan fingerprint density at radius 1 is 1.60 bits per heavy atom. The van der Waals surface area contributed by atoms with Crippen LogP contribution in [0, 0.1) is 6.92 Å². The van der Waals surface area contributed by atoms with Gasteiger partial charge in [0.25, 0.3) is 5.56 Å². The molecule has 1 aromatic heterocycles. The third-order valence-corrected chi connectivity index (χ3v) is 1.42. The molecule has 0 aliphatic heterocycles. The SMILES string of the molecule is CCc1c(C)nn[nH]c1=O. The Morgan fingerprint density at radius 2 is 2.30 bits per heavy atom. The maximum absolute atomic E-state index is 10.9. The summed E-state index contributed by atoms with van der Waals surface area (Å²) in [7, 11) is 0. The molecule has 0 aromatic carbocycles. The van der Waals surface area contributed by atoms with E-state index >= 15 is 0 Å². The predicted molar refractivity (Wildman–Crippen MR) is 36.8 cm³/mol. The van der Waals surface area contributed by atoms with Crippen molar-refractivity contribution in [3.8, 4) is 0 Å². The monoisotopic (exact) mass is 139 g/mol. The highest BCUT2D eigenvalue weighted by Crippen LogP contribution is 1.93. The van der Waals surface area contributed by atoms with Crippen LogP contribution in [0.25, 0.3) is 0 Å². The summed E-state index contributed by atoms with van der Waals surface area (Å²) in [6, 6.07) is 0. The molecule has 0 saturated carbocycles. The lowest BCUT2D eigenvalue weighted by Gasteiger charge is -1.95. The van der Waals surface area contributed by atoms with Gasteiger partial charge in [-0.25, -0.2) is 5.10 Å². The highest BCUT2D eigenvalue weighted by atomic mass is 16.1. The first kappa shape index (κ1) is 6.92. The van der Waals surface area contributed by atoms with Gasteiger partial charge >= 0.3 is 0 Å². The van der Waals surface area contributed by atoms with Crippen molar-refractivity contribution in [3.05, 3.63) is 21.6 Å². The van der Waals surface area contributed by atoms with Crippen molar-refractivity contribution in [2.45, 2.75) is 20.3 Å². The number of hydrogen-bond donors (Lipinski definition) is 1. The number of rotatable bonds is 1. The summed E-state index contributed by atoms with van der Waals surface area (Å²) in [5, 5.41) is 9.39. The van der Waals surface area contributed by atoms with E-state index in [1.54, 1.807) is 6.92 Å². The summed E-state index contributed by atoms with van der Waals surface area (Å²) < 4.78 is 0. The van der Waals surface area contributed by atoms with Crippen molar-refractivity contribution in [2.75, 3.05) is 0 Å². The average Bonchev–Trinajstić information content (AvgIpc) is 1.88. The normalized spacial score (nSPS) is 9.80. The minimum absolute atomic E-state index is 0.130. The third kappa shape index (κ3) is 1.05. The lowest BCUT2D eigenvalue weighted by Crippen LogP contribution is -2.16. The van der Waals surface area contributed by atoms with Gasteiger partial charge in [-0.2, -0.15) is 0 Å². The van der Waals surface area contributed by atoms with Crippen molar-refractivity contribution < 1.29 is 0 Å². The lowest BCUT2D eigenvalue weighted by atomic mass is 10.2. The quantitative estimate of drug-likeness (QED) is 0.597. The van der Waals surface area contributed by atoms with Crippen LogP contribution in [0.3, 0.4) is 0 Å². The Bertz CT molecular complexity index is 279. The maximum atomic E-state index is 10.9. The van der Waals surface area contributed by atoms with Crippen molar-refractivity contribution in [2.24, 2.45) is 0 Å². The van der Waals surface area contributed by atoms with E-state index in [2.05, 4.69) is 15.4 Å². The molecule has 1 aromatic rings. The molecule has 0 spiro atoms. The van der Waals surface area contributed by atoms with Gasteiger partial charge in [0.2, 0.25) is 0 Å². The molecular formula is C6H9N3O. The fourth-order valence-electron chi connectivity index (χ4n) is 0.854. The van der Waals surface area contributed by atoms with Crippen LogP contribution in [-0.4, -0.2) is 15.4 Å². The lowest BCUT2D eigenvalue weighted by molar-refractivity contribution is 0.787. The van der Waals surface area contributed by atoms with Crippen LogP contribution in [0.1, 0.15) is 18.2 Å². The van der Waals surface area contributed by atoms with Gasteiger partial charge in [-0.1, -0.05) is 12.1 Å². The van der Waals surface area contributed by atoms with Crippen LogP contribution >= 0.6 is 0 Å². The van der Waals surface area contributed by atoms with Crippen LogP contribution in [0.2, 0.25) is 0 Å². The van der Waals surface area contributed by atoms with Gasteiger partial charge in [-0.05, 0) is 13.3 Å². The first-order valence-corrected chi connectivity index (χ1v) is 3.16. The molecule has 0 aliphatic rings. The number of H-pyrrole nitrogens is 1. The molecule has 0 saturated heterocycles. The summed E-state index contributed by atoms with van der Waals surface area (Å²) in [4.78, 5) is 10.9. The average molecular weight is 139 g/mol. The summed E-state index contributed by atoms with van der Waals surface area (Å²) >= 11 is 0. The zero-order valence-electron chi connectivity index (χ0n) is 6.01. The topological polar surface area (TPSA) is 58.6 Å². The molecule has 0 unspecified atom stereocenters. The molecule has 54 valence electrons.